The van der Waals surface area contributed by atoms with Gasteiger partial charge in [0.1, 0.15) is 11.3 Å². The number of para-hydroxylation sites is 1. The molecule has 0 spiro atoms. The average Bonchev–Trinajstić information content (AvgIpc) is 3.02. The molecular weight excluding hydrogens is 284 g/mol. The first kappa shape index (κ1) is 14.2. The first-order valence-corrected chi connectivity index (χ1v) is 7.06. The van der Waals surface area contributed by atoms with Crippen molar-refractivity contribution in [3.05, 3.63) is 46.6 Å². The smallest absolute Gasteiger partial charge is 0.261 e. The van der Waals surface area contributed by atoms with Crippen molar-refractivity contribution in [2.45, 2.75) is 26.3 Å². The molecule has 2 heterocycles. The van der Waals surface area contributed by atoms with Crippen molar-refractivity contribution >= 4 is 10.9 Å². The minimum atomic E-state index is -0.108. The van der Waals surface area contributed by atoms with E-state index in [4.69, 9.17) is 9.26 Å². The fraction of sp³-hybridized carbons (Fsp3) is 0.333. The minimum Gasteiger partial charge on any atom is -0.494 e. The molecule has 0 saturated carbocycles. The van der Waals surface area contributed by atoms with Crippen molar-refractivity contribution in [1.82, 2.24) is 19.7 Å². The maximum absolute atomic E-state index is 12.5. The second-order valence-corrected chi connectivity index (χ2v) is 4.81. The van der Waals surface area contributed by atoms with Crippen LogP contribution < -0.4 is 10.3 Å². The number of aryl methyl sites for hydroxylation is 3. The summed E-state index contributed by atoms with van der Waals surface area (Å²) in [5.41, 5.74) is 0.460. The summed E-state index contributed by atoms with van der Waals surface area (Å²) in [5.74, 6) is 1.78. The normalized spacial score (nSPS) is 11.0. The zero-order valence-corrected chi connectivity index (χ0v) is 12.4. The van der Waals surface area contributed by atoms with Crippen molar-refractivity contribution < 1.29 is 9.26 Å². The second-order valence-electron chi connectivity index (χ2n) is 4.81. The average molecular weight is 300 g/mol. The Labute approximate surface area is 126 Å². The quantitative estimate of drug-likeness (QED) is 0.711. The van der Waals surface area contributed by atoms with Crippen molar-refractivity contribution in [2.75, 3.05) is 7.11 Å². The lowest BCUT2D eigenvalue weighted by molar-refractivity contribution is 0.375. The van der Waals surface area contributed by atoms with E-state index in [0.29, 0.717) is 47.8 Å². The molecule has 114 valence electrons. The number of hydrogen-bond acceptors (Lipinski definition) is 6. The Bertz CT molecular complexity index is 853. The summed E-state index contributed by atoms with van der Waals surface area (Å²) in [6.45, 7) is 2.39. The summed E-state index contributed by atoms with van der Waals surface area (Å²) in [7, 11) is 1.56. The first-order chi connectivity index (χ1) is 10.7. The van der Waals surface area contributed by atoms with Crippen LogP contribution in [0.2, 0.25) is 0 Å². The number of rotatable bonds is 5. The molecule has 0 aliphatic heterocycles. The van der Waals surface area contributed by atoms with Gasteiger partial charge in [0.25, 0.3) is 5.56 Å². The number of benzene rings is 1. The summed E-state index contributed by atoms with van der Waals surface area (Å²) < 4.78 is 11.8. The Hall–Kier alpha value is -2.70. The van der Waals surface area contributed by atoms with Crippen molar-refractivity contribution in [3.8, 4) is 5.75 Å². The molecule has 0 saturated heterocycles. The molecule has 22 heavy (non-hydrogen) atoms. The lowest BCUT2D eigenvalue weighted by Crippen LogP contribution is -2.22. The molecule has 0 fully saturated rings. The Kier molecular flexibility index (Phi) is 3.86. The third kappa shape index (κ3) is 2.57. The second kappa shape index (κ2) is 5.97. The lowest BCUT2D eigenvalue weighted by atomic mass is 10.2. The van der Waals surface area contributed by atoms with Gasteiger partial charge in [-0.15, -0.1) is 0 Å². The van der Waals surface area contributed by atoms with Gasteiger partial charge < -0.3 is 9.26 Å². The molecule has 0 atom stereocenters. The molecule has 0 radical (unpaired) electrons. The predicted octanol–water partition coefficient (Wildman–Crippen LogP) is 1.59. The van der Waals surface area contributed by atoms with Gasteiger partial charge in [-0.2, -0.15) is 4.98 Å². The number of hydrogen-bond donors (Lipinski definition) is 0. The predicted molar refractivity (Wildman–Crippen MR) is 79.9 cm³/mol. The summed E-state index contributed by atoms with van der Waals surface area (Å²) in [4.78, 5) is 21.0. The van der Waals surface area contributed by atoms with Crippen LogP contribution in [-0.4, -0.2) is 26.8 Å². The van der Waals surface area contributed by atoms with Gasteiger partial charge in [-0.1, -0.05) is 18.1 Å². The molecule has 0 N–H and O–H groups in total. The molecule has 2 aromatic heterocycles. The summed E-state index contributed by atoms with van der Waals surface area (Å²) >= 11 is 0. The zero-order chi connectivity index (χ0) is 15.5. The number of fused-ring (bicyclic) bond motifs is 1. The highest BCUT2D eigenvalue weighted by molar-refractivity contribution is 5.83. The van der Waals surface area contributed by atoms with E-state index in [9.17, 15) is 4.79 Å². The van der Waals surface area contributed by atoms with E-state index in [1.807, 2.05) is 6.92 Å². The fourth-order valence-electron chi connectivity index (χ4n) is 2.24. The molecule has 1 aromatic carbocycles. The molecule has 0 unspecified atom stereocenters. The SMILES string of the molecule is CCc1nc(CCn2cnc3c(OC)cccc3c2=O)no1. The highest BCUT2D eigenvalue weighted by atomic mass is 16.5. The van der Waals surface area contributed by atoms with Crippen molar-refractivity contribution in [2.24, 2.45) is 0 Å². The monoisotopic (exact) mass is 300 g/mol. The van der Waals surface area contributed by atoms with E-state index in [0.717, 1.165) is 0 Å². The van der Waals surface area contributed by atoms with Crippen LogP contribution in [0.1, 0.15) is 18.6 Å². The number of methoxy groups -OCH3 is 1. The zero-order valence-electron chi connectivity index (χ0n) is 12.4. The molecule has 7 nitrogen and oxygen atoms in total. The summed E-state index contributed by atoms with van der Waals surface area (Å²) in [6.07, 6.45) is 2.73. The Balaban J connectivity index is 1.88. The molecule has 3 aromatic rings. The fourth-order valence-corrected chi connectivity index (χ4v) is 2.24. The van der Waals surface area contributed by atoms with Crippen LogP contribution in [0.5, 0.6) is 5.75 Å². The molecule has 0 bridgehead atoms. The van der Waals surface area contributed by atoms with Crippen LogP contribution in [-0.2, 0) is 19.4 Å². The Morgan fingerprint density at radius 1 is 1.36 bits per heavy atom. The molecule has 3 rings (SSSR count). The topological polar surface area (TPSA) is 83.0 Å². The van der Waals surface area contributed by atoms with E-state index in [1.165, 1.54) is 6.33 Å². The van der Waals surface area contributed by atoms with Gasteiger partial charge in [0.2, 0.25) is 5.89 Å². The number of aromatic nitrogens is 4. The lowest BCUT2D eigenvalue weighted by Gasteiger charge is -2.07. The van der Waals surface area contributed by atoms with Crippen molar-refractivity contribution in [1.29, 1.82) is 0 Å². The third-order valence-corrected chi connectivity index (χ3v) is 3.43. The standard InChI is InChI=1S/C15H16N4O3/c1-3-13-17-12(18-22-13)7-8-19-9-16-14-10(15(19)20)5-4-6-11(14)21-2/h4-6,9H,3,7-8H2,1-2H3. The van der Waals surface area contributed by atoms with Gasteiger partial charge in [0.15, 0.2) is 5.82 Å². The molecule has 7 heteroatoms. The van der Waals surface area contributed by atoms with Gasteiger partial charge in [-0.25, -0.2) is 4.98 Å². The highest BCUT2D eigenvalue weighted by Crippen LogP contribution is 2.20. The Morgan fingerprint density at radius 2 is 2.23 bits per heavy atom. The highest BCUT2D eigenvalue weighted by Gasteiger charge is 2.10. The van der Waals surface area contributed by atoms with Gasteiger partial charge in [-0.3, -0.25) is 9.36 Å². The van der Waals surface area contributed by atoms with Crippen LogP contribution in [0.4, 0.5) is 0 Å². The van der Waals surface area contributed by atoms with Crippen molar-refractivity contribution in [3.63, 3.8) is 0 Å². The van der Waals surface area contributed by atoms with Gasteiger partial charge in [-0.05, 0) is 12.1 Å². The maximum atomic E-state index is 12.5. The molecule has 0 aliphatic carbocycles. The van der Waals surface area contributed by atoms with Crippen LogP contribution >= 0.6 is 0 Å². The van der Waals surface area contributed by atoms with E-state index < -0.39 is 0 Å². The number of nitrogens with zero attached hydrogens (tertiary/aromatic N) is 4. The Morgan fingerprint density at radius 3 is 2.95 bits per heavy atom. The van der Waals surface area contributed by atoms with Gasteiger partial charge in [0, 0.05) is 19.4 Å². The van der Waals surface area contributed by atoms with Crippen LogP contribution in [0.25, 0.3) is 10.9 Å². The number of ether oxygens (including phenoxy) is 1. The largest absolute Gasteiger partial charge is 0.494 e. The van der Waals surface area contributed by atoms with Crippen LogP contribution in [0, 0.1) is 0 Å². The maximum Gasteiger partial charge on any atom is 0.261 e. The van der Waals surface area contributed by atoms with E-state index in [-0.39, 0.29) is 5.56 Å². The summed E-state index contributed by atoms with van der Waals surface area (Å²) in [5, 5.41) is 4.41. The van der Waals surface area contributed by atoms with Gasteiger partial charge in [0.05, 0.1) is 18.8 Å². The van der Waals surface area contributed by atoms with E-state index in [2.05, 4.69) is 15.1 Å². The van der Waals surface area contributed by atoms with Crippen LogP contribution in [0.3, 0.4) is 0 Å². The summed E-state index contributed by atoms with van der Waals surface area (Å²) in [6, 6.07) is 5.30. The minimum absolute atomic E-state index is 0.108. The van der Waals surface area contributed by atoms with Gasteiger partial charge >= 0.3 is 0 Å². The third-order valence-electron chi connectivity index (χ3n) is 3.43. The van der Waals surface area contributed by atoms with E-state index in [1.54, 1.807) is 29.9 Å². The molecule has 0 amide bonds. The molecular formula is C15H16N4O3. The van der Waals surface area contributed by atoms with Crippen LogP contribution in [0.15, 0.2) is 33.8 Å². The molecule has 0 aliphatic rings. The van der Waals surface area contributed by atoms with E-state index >= 15 is 0 Å². The first-order valence-electron chi connectivity index (χ1n) is 7.06.